The molecule has 3 heteroatoms. The molecule has 0 spiro atoms. The van der Waals surface area contributed by atoms with Crippen molar-refractivity contribution in [2.24, 2.45) is 10.8 Å². The minimum Gasteiger partial charge on any atom is -0.391 e. The van der Waals surface area contributed by atoms with Crippen LogP contribution in [0.15, 0.2) is 48.6 Å². The molecule has 74 valence electrons. The summed E-state index contributed by atoms with van der Waals surface area (Å²) >= 11 is 0. The molecule has 0 amide bonds. The first-order valence-electron chi connectivity index (χ1n) is 4.72. The molecule has 15 heavy (non-hydrogen) atoms. The maximum Gasteiger partial charge on any atom is 0.329 e. The lowest BCUT2D eigenvalue weighted by molar-refractivity contribution is -0.154. The molecule has 2 aliphatic carbocycles. The molecule has 0 saturated carbocycles. The third kappa shape index (κ3) is 0.731. The number of esters is 2. The quantitative estimate of drug-likeness (QED) is 0.437. The molecule has 0 aromatic rings. The Hall–Kier alpha value is -1.90. The molecule has 0 unspecified atom stereocenters. The standard InChI is InChI=1S/C12H8O3/c13-9-11-5-1-2-6-12(11,10(14)15-9)8-4-3-7-11/h1-8H. The predicted molar refractivity (Wildman–Crippen MR) is 52.5 cm³/mol. The number of cyclic esters (lactones) is 2. The predicted octanol–water partition coefficient (Wildman–Crippen LogP) is 1.29. The molecule has 0 aromatic carbocycles. The van der Waals surface area contributed by atoms with Gasteiger partial charge in [-0.2, -0.15) is 0 Å². The van der Waals surface area contributed by atoms with Crippen molar-refractivity contribution in [3.8, 4) is 0 Å². The second-order valence-corrected chi connectivity index (χ2v) is 3.85. The van der Waals surface area contributed by atoms with E-state index >= 15 is 0 Å². The first-order chi connectivity index (χ1) is 7.21. The smallest absolute Gasteiger partial charge is 0.329 e. The maximum absolute atomic E-state index is 11.8. The van der Waals surface area contributed by atoms with Crippen molar-refractivity contribution < 1.29 is 14.3 Å². The van der Waals surface area contributed by atoms with E-state index in [0.717, 1.165) is 0 Å². The summed E-state index contributed by atoms with van der Waals surface area (Å²) < 4.78 is 4.75. The van der Waals surface area contributed by atoms with Crippen LogP contribution in [0.3, 0.4) is 0 Å². The molecule has 0 N–H and O–H groups in total. The van der Waals surface area contributed by atoms with Gasteiger partial charge in [0.2, 0.25) is 0 Å². The number of carbonyl (C=O) groups excluding carboxylic acids is 2. The Morgan fingerprint density at radius 3 is 1.40 bits per heavy atom. The van der Waals surface area contributed by atoms with Crippen LogP contribution in [-0.2, 0) is 14.3 Å². The summed E-state index contributed by atoms with van der Waals surface area (Å²) in [5, 5.41) is 0. The van der Waals surface area contributed by atoms with Crippen LogP contribution in [0.4, 0.5) is 0 Å². The topological polar surface area (TPSA) is 43.4 Å². The second kappa shape index (κ2) is 2.37. The van der Waals surface area contributed by atoms with Crippen molar-refractivity contribution in [2.45, 2.75) is 0 Å². The van der Waals surface area contributed by atoms with Gasteiger partial charge in [0.15, 0.2) is 0 Å². The zero-order chi connectivity index (χ0) is 10.5. The molecule has 1 heterocycles. The number of allylic oxidation sites excluding steroid dienone is 4. The van der Waals surface area contributed by atoms with Gasteiger partial charge in [-0.15, -0.1) is 0 Å². The third-order valence-electron chi connectivity index (χ3n) is 3.20. The lowest BCUT2D eigenvalue weighted by atomic mass is 9.61. The van der Waals surface area contributed by atoms with Gasteiger partial charge in [0, 0.05) is 0 Å². The molecule has 1 fully saturated rings. The van der Waals surface area contributed by atoms with Crippen molar-refractivity contribution in [2.75, 3.05) is 0 Å². The number of carbonyl (C=O) groups is 2. The average molecular weight is 200 g/mol. The number of ether oxygens (including phenoxy) is 1. The van der Waals surface area contributed by atoms with E-state index in [9.17, 15) is 9.59 Å². The summed E-state index contributed by atoms with van der Waals surface area (Å²) in [7, 11) is 0. The van der Waals surface area contributed by atoms with Gasteiger partial charge in [0.25, 0.3) is 0 Å². The summed E-state index contributed by atoms with van der Waals surface area (Å²) in [6, 6.07) is 0. The Balaban J connectivity index is 2.34. The molecule has 3 aliphatic rings. The van der Waals surface area contributed by atoms with Crippen LogP contribution in [-0.4, -0.2) is 11.9 Å². The van der Waals surface area contributed by atoms with Gasteiger partial charge in [-0.1, -0.05) is 48.6 Å². The van der Waals surface area contributed by atoms with Gasteiger partial charge in [-0.05, 0) is 0 Å². The van der Waals surface area contributed by atoms with Crippen LogP contribution >= 0.6 is 0 Å². The Morgan fingerprint density at radius 1 is 0.733 bits per heavy atom. The molecule has 1 saturated heterocycles. The fourth-order valence-corrected chi connectivity index (χ4v) is 2.36. The summed E-state index contributed by atoms with van der Waals surface area (Å²) in [4.78, 5) is 23.5. The van der Waals surface area contributed by atoms with Crippen molar-refractivity contribution >= 4 is 11.9 Å². The minimum absolute atomic E-state index is 0.492. The summed E-state index contributed by atoms with van der Waals surface area (Å²) in [5.41, 5.74) is -1.90. The van der Waals surface area contributed by atoms with E-state index in [-0.39, 0.29) is 0 Å². The lowest BCUT2D eigenvalue weighted by Crippen LogP contribution is -2.41. The van der Waals surface area contributed by atoms with Crippen molar-refractivity contribution in [1.29, 1.82) is 0 Å². The monoisotopic (exact) mass is 200 g/mol. The number of rotatable bonds is 0. The Labute approximate surface area is 86.4 Å². The van der Waals surface area contributed by atoms with Gasteiger partial charge >= 0.3 is 11.9 Å². The van der Waals surface area contributed by atoms with Gasteiger partial charge in [-0.3, -0.25) is 9.59 Å². The van der Waals surface area contributed by atoms with Crippen LogP contribution in [0.5, 0.6) is 0 Å². The van der Waals surface area contributed by atoms with Crippen molar-refractivity contribution in [3.05, 3.63) is 48.6 Å². The van der Waals surface area contributed by atoms with Gasteiger partial charge in [0.05, 0.1) is 0 Å². The van der Waals surface area contributed by atoms with Gasteiger partial charge < -0.3 is 4.74 Å². The third-order valence-corrected chi connectivity index (χ3v) is 3.20. The molecular weight excluding hydrogens is 192 g/mol. The van der Waals surface area contributed by atoms with Crippen LogP contribution in [0.25, 0.3) is 0 Å². The zero-order valence-electron chi connectivity index (χ0n) is 7.84. The maximum atomic E-state index is 11.8. The largest absolute Gasteiger partial charge is 0.391 e. The fourth-order valence-electron chi connectivity index (χ4n) is 2.36. The molecule has 0 aromatic heterocycles. The second-order valence-electron chi connectivity index (χ2n) is 3.85. The zero-order valence-corrected chi connectivity index (χ0v) is 7.84. The average Bonchev–Trinajstić information content (AvgIpc) is 2.50. The molecule has 0 radical (unpaired) electrons. The minimum atomic E-state index is -0.951. The number of hydrogen-bond donors (Lipinski definition) is 0. The van der Waals surface area contributed by atoms with E-state index in [4.69, 9.17) is 4.74 Å². The van der Waals surface area contributed by atoms with E-state index in [2.05, 4.69) is 0 Å². The van der Waals surface area contributed by atoms with Crippen LogP contribution in [0.1, 0.15) is 0 Å². The first kappa shape index (κ1) is 8.41. The van der Waals surface area contributed by atoms with E-state index in [1.165, 1.54) is 0 Å². The Bertz CT molecular complexity index is 409. The van der Waals surface area contributed by atoms with Gasteiger partial charge in [0.1, 0.15) is 10.8 Å². The fraction of sp³-hybridized carbons (Fsp3) is 0.167. The van der Waals surface area contributed by atoms with Crippen molar-refractivity contribution in [1.82, 2.24) is 0 Å². The van der Waals surface area contributed by atoms with Crippen LogP contribution < -0.4 is 0 Å². The summed E-state index contributed by atoms with van der Waals surface area (Å²) in [5.74, 6) is -0.984. The molecule has 0 atom stereocenters. The molecule has 3 nitrogen and oxygen atoms in total. The summed E-state index contributed by atoms with van der Waals surface area (Å²) in [6.45, 7) is 0. The Morgan fingerprint density at radius 2 is 1.07 bits per heavy atom. The highest BCUT2D eigenvalue weighted by Crippen LogP contribution is 2.54. The molecule has 0 bridgehead atoms. The molecule has 3 rings (SSSR count). The SMILES string of the molecule is O=C1OC(=O)C23C=CC=CC12C=CC=C3. The van der Waals surface area contributed by atoms with Crippen LogP contribution in [0, 0.1) is 10.8 Å². The lowest BCUT2D eigenvalue weighted by Gasteiger charge is -2.34. The van der Waals surface area contributed by atoms with E-state index in [1.54, 1.807) is 48.6 Å². The Kier molecular flexibility index (Phi) is 1.33. The number of hydrogen-bond acceptors (Lipinski definition) is 3. The van der Waals surface area contributed by atoms with E-state index in [0.29, 0.717) is 0 Å². The molecular formula is C12H8O3. The first-order valence-corrected chi connectivity index (χ1v) is 4.72. The molecule has 1 aliphatic heterocycles. The van der Waals surface area contributed by atoms with Gasteiger partial charge in [-0.25, -0.2) is 0 Å². The normalized spacial score (nSPS) is 40.3. The van der Waals surface area contributed by atoms with E-state index in [1.807, 2.05) is 0 Å². The summed E-state index contributed by atoms with van der Waals surface area (Å²) in [6.07, 6.45) is 14.0. The van der Waals surface area contributed by atoms with Crippen LogP contribution in [0.2, 0.25) is 0 Å². The highest BCUT2D eigenvalue weighted by molar-refractivity contribution is 6.07. The van der Waals surface area contributed by atoms with Crippen molar-refractivity contribution in [3.63, 3.8) is 0 Å². The van der Waals surface area contributed by atoms with E-state index < -0.39 is 22.8 Å². The highest BCUT2D eigenvalue weighted by atomic mass is 16.6. The highest BCUT2D eigenvalue weighted by Gasteiger charge is 2.64.